The van der Waals surface area contributed by atoms with Crippen molar-refractivity contribution >= 4 is 11.9 Å². The van der Waals surface area contributed by atoms with Crippen LogP contribution in [0.2, 0.25) is 0 Å². The van der Waals surface area contributed by atoms with E-state index in [0.717, 1.165) is 77.2 Å². The highest BCUT2D eigenvalue weighted by molar-refractivity contribution is 5.69. The molecular weight excluding hydrogens is 643 g/mol. The van der Waals surface area contributed by atoms with Crippen LogP contribution in [-0.2, 0) is 19.1 Å². The highest BCUT2D eigenvalue weighted by Crippen LogP contribution is 2.20. The Morgan fingerprint density at radius 3 is 0.904 bits per heavy atom. The Bertz CT molecular complexity index is 717. The highest BCUT2D eigenvalue weighted by Gasteiger charge is 2.16. The van der Waals surface area contributed by atoms with Crippen LogP contribution in [0.1, 0.15) is 258 Å². The summed E-state index contributed by atoms with van der Waals surface area (Å²) in [5, 5.41) is 0. The van der Waals surface area contributed by atoms with Gasteiger partial charge in [0.15, 0.2) is 0 Å². The normalized spacial score (nSPS) is 12.2. The van der Waals surface area contributed by atoms with E-state index < -0.39 is 0 Å². The molecule has 0 saturated heterocycles. The van der Waals surface area contributed by atoms with Crippen LogP contribution in [0.4, 0.5) is 0 Å². The number of unbranched alkanes of at least 4 members (excludes halogenated alkanes) is 26. The Morgan fingerprint density at radius 1 is 0.365 bits per heavy atom. The highest BCUT2D eigenvalue weighted by atomic mass is 16.5. The molecule has 5 heteroatoms. The minimum absolute atomic E-state index is 0.0217. The molecule has 0 spiro atoms. The van der Waals surface area contributed by atoms with Crippen molar-refractivity contribution in [3.05, 3.63) is 0 Å². The lowest BCUT2D eigenvalue weighted by Crippen LogP contribution is -2.20. The van der Waals surface area contributed by atoms with Gasteiger partial charge in [0.25, 0.3) is 0 Å². The van der Waals surface area contributed by atoms with Crippen molar-refractivity contribution in [1.82, 2.24) is 4.90 Å². The van der Waals surface area contributed by atoms with E-state index >= 15 is 0 Å². The lowest BCUT2D eigenvalue weighted by atomic mass is 10.0. The topological polar surface area (TPSA) is 55.8 Å². The van der Waals surface area contributed by atoms with Crippen LogP contribution in [0.3, 0.4) is 0 Å². The summed E-state index contributed by atoms with van der Waals surface area (Å²) in [6.07, 6.45) is 44.6. The Balaban J connectivity index is 4.43. The number of hydrogen-bond donors (Lipinski definition) is 0. The fourth-order valence-corrected chi connectivity index (χ4v) is 7.42. The van der Waals surface area contributed by atoms with Crippen molar-refractivity contribution < 1.29 is 19.1 Å². The maximum Gasteiger partial charge on any atom is 0.306 e. The van der Waals surface area contributed by atoms with Crippen molar-refractivity contribution in [2.45, 2.75) is 271 Å². The number of carbonyl (C=O) groups excluding carboxylic acids is 2. The molecule has 0 rings (SSSR count). The lowest BCUT2D eigenvalue weighted by Gasteiger charge is -2.19. The van der Waals surface area contributed by atoms with E-state index in [1.165, 1.54) is 154 Å². The summed E-state index contributed by atoms with van der Waals surface area (Å²) in [6.45, 7) is 7.74. The molecule has 0 aromatic heterocycles. The zero-order valence-corrected chi connectivity index (χ0v) is 36.1. The van der Waals surface area contributed by atoms with E-state index in [2.05, 4.69) is 25.7 Å². The second-order valence-corrected chi connectivity index (χ2v) is 16.6. The molecule has 1 atom stereocenters. The van der Waals surface area contributed by atoms with Gasteiger partial charge in [-0.3, -0.25) is 9.59 Å². The van der Waals surface area contributed by atoms with Crippen molar-refractivity contribution in [2.24, 2.45) is 0 Å². The van der Waals surface area contributed by atoms with Gasteiger partial charge in [0.1, 0.15) is 12.2 Å². The predicted octanol–water partition coefficient (Wildman–Crippen LogP) is 14.9. The molecule has 0 aliphatic heterocycles. The third kappa shape index (κ3) is 38.6. The van der Waals surface area contributed by atoms with Crippen LogP contribution in [0.25, 0.3) is 0 Å². The first kappa shape index (κ1) is 50.9. The summed E-state index contributed by atoms with van der Waals surface area (Å²) in [5.74, 6) is -0.00738. The van der Waals surface area contributed by atoms with E-state index in [1.807, 2.05) is 14.1 Å². The van der Waals surface area contributed by atoms with Crippen molar-refractivity contribution in [1.29, 1.82) is 0 Å². The van der Waals surface area contributed by atoms with Gasteiger partial charge in [-0.2, -0.15) is 0 Å². The molecule has 0 aromatic carbocycles. The van der Waals surface area contributed by atoms with E-state index in [1.54, 1.807) is 0 Å². The fourth-order valence-electron chi connectivity index (χ4n) is 7.42. The molecule has 52 heavy (non-hydrogen) atoms. The van der Waals surface area contributed by atoms with Gasteiger partial charge in [-0.15, -0.1) is 0 Å². The van der Waals surface area contributed by atoms with Crippen LogP contribution < -0.4 is 0 Å². The average Bonchev–Trinajstić information content (AvgIpc) is 3.12. The van der Waals surface area contributed by atoms with Gasteiger partial charge in [0.2, 0.25) is 0 Å². The molecule has 0 N–H and O–H groups in total. The Kier molecular flexibility index (Phi) is 40.2. The SMILES string of the molecule is CCCCCCCCCCCCC(CCCCCCCCCCCC)OC(=O)CCCCCCCC(CCCCCCC)OC(=O)CCCN(C)C. The Hall–Kier alpha value is -1.10. The number of rotatable bonds is 42. The van der Waals surface area contributed by atoms with E-state index in [-0.39, 0.29) is 24.1 Å². The van der Waals surface area contributed by atoms with Gasteiger partial charge in [-0.1, -0.05) is 181 Å². The summed E-state index contributed by atoms with van der Waals surface area (Å²) in [6, 6.07) is 0. The van der Waals surface area contributed by atoms with Gasteiger partial charge < -0.3 is 14.4 Å². The van der Waals surface area contributed by atoms with Crippen LogP contribution in [0.5, 0.6) is 0 Å². The largest absolute Gasteiger partial charge is 0.462 e. The minimum Gasteiger partial charge on any atom is -0.462 e. The standard InChI is InChI=1S/C47H93NO4/c1-6-9-12-15-17-19-21-23-27-32-38-44(39-33-28-24-22-20-18-16-13-10-7-2)51-46(49)41-35-30-25-29-34-40-45(37-31-26-14-11-8-3)52-47(50)42-36-43-48(4)5/h44-45H,6-43H2,1-5H3. The molecule has 0 aliphatic carbocycles. The molecular formula is C47H93NO4. The molecule has 310 valence electrons. The van der Waals surface area contributed by atoms with Crippen LogP contribution in [-0.4, -0.2) is 49.7 Å². The van der Waals surface area contributed by atoms with Crippen LogP contribution in [0, 0.1) is 0 Å². The smallest absolute Gasteiger partial charge is 0.306 e. The molecule has 1 unspecified atom stereocenters. The summed E-state index contributed by atoms with van der Waals surface area (Å²) in [4.78, 5) is 27.5. The van der Waals surface area contributed by atoms with E-state index in [9.17, 15) is 9.59 Å². The van der Waals surface area contributed by atoms with Gasteiger partial charge >= 0.3 is 11.9 Å². The molecule has 0 heterocycles. The van der Waals surface area contributed by atoms with Crippen molar-refractivity contribution in [3.8, 4) is 0 Å². The fraction of sp³-hybridized carbons (Fsp3) is 0.957. The van der Waals surface area contributed by atoms with Gasteiger partial charge in [-0.25, -0.2) is 0 Å². The molecule has 5 nitrogen and oxygen atoms in total. The van der Waals surface area contributed by atoms with E-state index in [4.69, 9.17) is 9.47 Å². The molecule has 0 amide bonds. The first-order valence-corrected chi connectivity index (χ1v) is 23.5. The Labute approximate surface area is 326 Å². The maximum absolute atomic E-state index is 12.9. The van der Waals surface area contributed by atoms with Crippen molar-refractivity contribution in [3.63, 3.8) is 0 Å². The van der Waals surface area contributed by atoms with Crippen LogP contribution >= 0.6 is 0 Å². The molecule has 0 bridgehead atoms. The number of nitrogens with zero attached hydrogens (tertiary/aromatic N) is 1. The van der Waals surface area contributed by atoms with Gasteiger partial charge in [0, 0.05) is 12.8 Å². The summed E-state index contributed by atoms with van der Waals surface area (Å²) in [5.41, 5.74) is 0. The quantitative estimate of drug-likeness (QED) is 0.0461. The summed E-state index contributed by atoms with van der Waals surface area (Å²) >= 11 is 0. The van der Waals surface area contributed by atoms with Gasteiger partial charge in [-0.05, 0) is 84.8 Å². The first-order valence-electron chi connectivity index (χ1n) is 23.5. The summed E-state index contributed by atoms with van der Waals surface area (Å²) < 4.78 is 12.1. The third-order valence-electron chi connectivity index (χ3n) is 10.9. The van der Waals surface area contributed by atoms with Crippen molar-refractivity contribution in [2.75, 3.05) is 20.6 Å². The number of carbonyl (C=O) groups is 2. The first-order chi connectivity index (χ1) is 25.4. The predicted molar refractivity (Wildman–Crippen MR) is 226 cm³/mol. The molecule has 0 saturated carbocycles. The average molecular weight is 736 g/mol. The molecule has 0 radical (unpaired) electrons. The second-order valence-electron chi connectivity index (χ2n) is 16.6. The number of ether oxygens (including phenoxy) is 2. The molecule has 0 fully saturated rings. The number of esters is 2. The zero-order chi connectivity index (χ0) is 38.2. The molecule has 0 aromatic rings. The Morgan fingerprint density at radius 2 is 0.615 bits per heavy atom. The lowest BCUT2D eigenvalue weighted by molar-refractivity contribution is -0.151. The number of hydrogen-bond acceptors (Lipinski definition) is 5. The monoisotopic (exact) mass is 736 g/mol. The zero-order valence-electron chi connectivity index (χ0n) is 36.1. The van der Waals surface area contributed by atoms with Gasteiger partial charge in [0.05, 0.1) is 0 Å². The van der Waals surface area contributed by atoms with Crippen LogP contribution in [0.15, 0.2) is 0 Å². The molecule has 0 aliphatic rings. The summed E-state index contributed by atoms with van der Waals surface area (Å²) in [7, 11) is 4.09. The second kappa shape index (κ2) is 41.1. The maximum atomic E-state index is 12.9. The third-order valence-corrected chi connectivity index (χ3v) is 10.9. The minimum atomic E-state index is -0.0291. The van der Waals surface area contributed by atoms with E-state index in [0.29, 0.717) is 12.8 Å².